The maximum Gasteiger partial charge on any atom is 0.137 e. The molecule has 0 fully saturated rings. The fraction of sp³-hybridized carbons (Fsp3) is 0.200. The van der Waals surface area contributed by atoms with E-state index < -0.39 is 11.6 Å². The Hall–Kier alpha value is -0.700. The summed E-state index contributed by atoms with van der Waals surface area (Å²) < 4.78 is 26.3. The monoisotopic (exact) mass is 246 g/mol. The summed E-state index contributed by atoms with van der Waals surface area (Å²) in [7, 11) is 0. The molecular formula is C10H9BrF2. The van der Waals surface area contributed by atoms with E-state index in [9.17, 15) is 8.78 Å². The summed E-state index contributed by atoms with van der Waals surface area (Å²) in [5.41, 5.74) is 1.15. The Bertz CT molecular complexity index is 345. The lowest BCUT2D eigenvalue weighted by Crippen LogP contribution is -1.93. The van der Waals surface area contributed by atoms with Gasteiger partial charge >= 0.3 is 0 Å². The molecule has 0 unspecified atom stereocenters. The fourth-order valence-corrected chi connectivity index (χ4v) is 1.34. The van der Waals surface area contributed by atoms with Gasteiger partial charge in [-0.2, -0.15) is 0 Å². The zero-order valence-corrected chi connectivity index (χ0v) is 8.79. The van der Waals surface area contributed by atoms with Crippen LogP contribution in [0.5, 0.6) is 0 Å². The van der Waals surface area contributed by atoms with Crippen LogP contribution in [0.3, 0.4) is 0 Å². The largest absolute Gasteiger partial charge is 0.207 e. The Labute approximate surface area is 84.4 Å². The molecule has 0 aliphatic rings. The highest BCUT2D eigenvalue weighted by molar-refractivity contribution is 9.10. The quantitative estimate of drug-likeness (QED) is 0.550. The van der Waals surface area contributed by atoms with Crippen LogP contribution in [0.15, 0.2) is 28.8 Å². The molecule has 0 saturated carbocycles. The summed E-state index contributed by atoms with van der Waals surface area (Å²) in [4.78, 5) is 0. The van der Waals surface area contributed by atoms with Crippen LogP contribution in [-0.2, 0) is 6.42 Å². The molecule has 0 bridgehead atoms. The Balaban J connectivity index is 3.08. The van der Waals surface area contributed by atoms with Crippen LogP contribution in [0, 0.1) is 11.6 Å². The van der Waals surface area contributed by atoms with Gasteiger partial charge in [-0.1, -0.05) is 12.2 Å². The molecule has 0 heterocycles. The molecule has 0 aromatic heterocycles. The Morgan fingerprint density at radius 2 is 2.00 bits per heavy atom. The van der Waals surface area contributed by atoms with Crippen molar-refractivity contribution in [1.82, 2.24) is 0 Å². The normalized spacial score (nSPS) is 10.2. The molecule has 13 heavy (non-hydrogen) atoms. The molecule has 1 rings (SSSR count). The predicted octanol–water partition coefficient (Wildman–Crippen LogP) is 3.85. The van der Waals surface area contributed by atoms with E-state index in [2.05, 4.69) is 22.5 Å². The smallest absolute Gasteiger partial charge is 0.137 e. The predicted molar refractivity (Wildman–Crippen MR) is 52.6 cm³/mol. The van der Waals surface area contributed by atoms with Crippen molar-refractivity contribution in [3.8, 4) is 0 Å². The molecule has 0 spiro atoms. The first-order valence-corrected chi connectivity index (χ1v) is 4.58. The minimum absolute atomic E-state index is 0.149. The topological polar surface area (TPSA) is 0 Å². The van der Waals surface area contributed by atoms with E-state index in [1.807, 2.05) is 0 Å². The van der Waals surface area contributed by atoms with Crippen molar-refractivity contribution in [2.45, 2.75) is 13.3 Å². The van der Waals surface area contributed by atoms with Crippen LogP contribution in [0.25, 0.3) is 0 Å². The van der Waals surface area contributed by atoms with Gasteiger partial charge in [0.1, 0.15) is 11.6 Å². The fourth-order valence-electron chi connectivity index (χ4n) is 1.02. The second kappa shape index (κ2) is 4.01. The first-order chi connectivity index (χ1) is 6.00. The average Bonchev–Trinajstić information content (AvgIpc) is 1.99. The third kappa shape index (κ3) is 2.62. The summed E-state index contributed by atoms with van der Waals surface area (Å²) in [6, 6.07) is 2.32. The van der Waals surface area contributed by atoms with E-state index in [-0.39, 0.29) is 4.47 Å². The van der Waals surface area contributed by atoms with Gasteiger partial charge in [-0.25, -0.2) is 8.78 Å². The SMILES string of the molecule is C=C(C)Cc1cc(F)c(Br)cc1F. The molecule has 0 radical (unpaired) electrons. The van der Waals surface area contributed by atoms with Crippen LogP contribution in [0.1, 0.15) is 12.5 Å². The Morgan fingerprint density at radius 3 is 2.54 bits per heavy atom. The second-order valence-corrected chi connectivity index (χ2v) is 3.85. The van der Waals surface area contributed by atoms with Crippen molar-refractivity contribution in [2.24, 2.45) is 0 Å². The van der Waals surface area contributed by atoms with Gasteiger partial charge in [-0.3, -0.25) is 0 Å². The average molecular weight is 247 g/mol. The first-order valence-electron chi connectivity index (χ1n) is 3.78. The summed E-state index contributed by atoms with van der Waals surface area (Å²) in [5, 5.41) is 0. The number of hydrogen-bond acceptors (Lipinski definition) is 0. The van der Waals surface area contributed by atoms with Crippen LogP contribution in [0.4, 0.5) is 8.78 Å². The van der Waals surface area contributed by atoms with Crippen molar-refractivity contribution in [3.63, 3.8) is 0 Å². The number of rotatable bonds is 2. The van der Waals surface area contributed by atoms with Gasteiger partial charge in [0.05, 0.1) is 4.47 Å². The molecule has 1 aromatic rings. The first kappa shape index (κ1) is 10.4. The molecule has 0 amide bonds. The molecule has 0 aliphatic heterocycles. The van der Waals surface area contributed by atoms with Gasteiger partial charge in [-0.05, 0) is 47.0 Å². The number of halogens is 3. The molecule has 1 aromatic carbocycles. The summed E-state index contributed by atoms with van der Waals surface area (Å²) in [6.07, 6.45) is 0.371. The number of benzene rings is 1. The van der Waals surface area contributed by atoms with Crippen molar-refractivity contribution in [3.05, 3.63) is 46.0 Å². The van der Waals surface area contributed by atoms with Gasteiger partial charge in [0.15, 0.2) is 0 Å². The zero-order valence-electron chi connectivity index (χ0n) is 7.20. The van der Waals surface area contributed by atoms with E-state index in [0.717, 1.165) is 11.6 Å². The lowest BCUT2D eigenvalue weighted by atomic mass is 10.1. The van der Waals surface area contributed by atoms with Crippen LogP contribution in [-0.4, -0.2) is 0 Å². The van der Waals surface area contributed by atoms with E-state index in [4.69, 9.17) is 0 Å². The van der Waals surface area contributed by atoms with E-state index in [1.54, 1.807) is 6.92 Å². The van der Waals surface area contributed by atoms with Crippen molar-refractivity contribution >= 4 is 15.9 Å². The second-order valence-electron chi connectivity index (χ2n) is 2.99. The Kier molecular flexibility index (Phi) is 3.20. The third-order valence-electron chi connectivity index (χ3n) is 1.58. The standard InChI is InChI=1S/C10H9BrF2/c1-6(2)3-7-4-10(13)8(11)5-9(7)12/h4-5H,1,3H2,2H3. The third-order valence-corrected chi connectivity index (χ3v) is 2.19. The molecule has 0 nitrogen and oxygen atoms in total. The lowest BCUT2D eigenvalue weighted by Gasteiger charge is -2.03. The molecule has 3 heteroatoms. The van der Waals surface area contributed by atoms with E-state index in [0.29, 0.717) is 12.0 Å². The molecule has 0 N–H and O–H groups in total. The lowest BCUT2D eigenvalue weighted by molar-refractivity contribution is 0.583. The molecule has 0 atom stereocenters. The van der Waals surface area contributed by atoms with Gasteiger partial charge in [0.25, 0.3) is 0 Å². The molecule has 0 aliphatic carbocycles. The van der Waals surface area contributed by atoms with Crippen LogP contribution >= 0.6 is 15.9 Å². The maximum atomic E-state index is 13.2. The molecule has 0 saturated heterocycles. The van der Waals surface area contributed by atoms with Crippen LogP contribution < -0.4 is 0 Å². The van der Waals surface area contributed by atoms with E-state index >= 15 is 0 Å². The highest BCUT2D eigenvalue weighted by Crippen LogP contribution is 2.21. The summed E-state index contributed by atoms with van der Waals surface area (Å²) in [5.74, 6) is -0.853. The number of allylic oxidation sites excluding steroid dienone is 1. The van der Waals surface area contributed by atoms with Gasteiger partial charge in [0, 0.05) is 0 Å². The summed E-state index contributed by atoms with van der Waals surface area (Å²) in [6.45, 7) is 5.42. The minimum Gasteiger partial charge on any atom is -0.207 e. The van der Waals surface area contributed by atoms with Crippen molar-refractivity contribution in [2.75, 3.05) is 0 Å². The highest BCUT2D eigenvalue weighted by atomic mass is 79.9. The molecule has 70 valence electrons. The highest BCUT2D eigenvalue weighted by Gasteiger charge is 2.07. The zero-order chi connectivity index (χ0) is 10.0. The van der Waals surface area contributed by atoms with Gasteiger partial charge < -0.3 is 0 Å². The number of hydrogen-bond donors (Lipinski definition) is 0. The van der Waals surface area contributed by atoms with Gasteiger partial charge in [0.2, 0.25) is 0 Å². The summed E-state index contributed by atoms with van der Waals surface area (Å²) >= 11 is 2.91. The maximum absolute atomic E-state index is 13.2. The van der Waals surface area contributed by atoms with Crippen molar-refractivity contribution in [1.29, 1.82) is 0 Å². The van der Waals surface area contributed by atoms with E-state index in [1.165, 1.54) is 6.07 Å². The van der Waals surface area contributed by atoms with Crippen LogP contribution in [0.2, 0.25) is 0 Å². The van der Waals surface area contributed by atoms with Gasteiger partial charge in [-0.15, -0.1) is 0 Å². The Morgan fingerprint density at radius 1 is 1.38 bits per heavy atom. The minimum atomic E-state index is -0.447. The molecular weight excluding hydrogens is 238 g/mol. The van der Waals surface area contributed by atoms with Crippen molar-refractivity contribution < 1.29 is 8.78 Å².